The maximum Gasteiger partial charge on any atom is 0.191 e. The smallest absolute Gasteiger partial charge is 0.191 e. The van der Waals surface area contributed by atoms with E-state index < -0.39 is 9.84 Å². The van der Waals surface area contributed by atoms with E-state index in [-0.39, 0.29) is 35.1 Å². The highest BCUT2D eigenvalue weighted by atomic mass is 127. The average molecular weight is 499 g/mol. The van der Waals surface area contributed by atoms with Crippen molar-refractivity contribution in [3.63, 3.8) is 0 Å². The third kappa shape index (κ3) is 5.68. The molecule has 0 saturated heterocycles. The lowest BCUT2D eigenvalue weighted by molar-refractivity contribution is 0.594. The molecule has 0 atom stereocenters. The van der Waals surface area contributed by atoms with E-state index in [1.165, 1.54) is 5.56 Å². The molecule has 1 saturated carbocycles. The van der Waals surface area contributed by atoms with Crippen LogP contribution < -0.4 is 10.6 Å². The van der Waals surface area contributed by atoms with Gasteiger partial charge in [-0.3, -0.25) is 4.99 Å². The van der Waals surface area contributed by atoms with Gasteiger partial charge in [0.2, 0.25) is 0 Å². The molecule has 0 radical (unpaired) electrons. The van der Waals surface area contributed by atoms with Crippen LogP contribution in [0.3, 0.4) is 0 Å². The monoisotopic (exact) mass is 499 g/mol. The van der Waals surface area contributed by atoms with Crippen molar-refractivity contribution in [3.05, 3.63) is 66.2 Å². The van der Waals surface area contributed by atoms with Crippen molar-refractivity contribution in [3.8, 4) is 0 Å². The highest BCUT2D eigenvalue weighted by Gasteiger charge is 2.43. The summed E-state index contributed by atoms with van der Waals surface area (Å²) in [5.41, 5.74) is 1.52. The van der Waals surface area contributed by atoms with E-state index in [1.807, 2.05) is 12.1 Å². The zero-order valence-corrected chi connectivity index (χ0v) is 18.5. The lowest BCUT2D eigenvalue weighted by atomic mass is 9.96. The minimum atomic E-state index is -3.28. The minimum Gasteiger partial charge on any atom is -0.356 e. The molecule has 27 heavy (non-hydrogen) atoms. The third-order valence-corrected chi connectivity index (χ3v) is 6.56. The number of sulfone groups is 1. The Morgan fingerprint density at radius 3 is 2.15 bits per heavy atom. The molecule has 0 spiro atoms. The van der Waals surface area contributed by atoms with Gasteiger partial charge < -0.3 is 10.6 Å². The van der Waals surface area contributed by atoms with Gasteiger partial charge in [-0.05, 0) is 30.5 Å². The summed E-state index contributed by atoms with van der Waals surface area (Å²) in [4.78, 5) is 4.56. The van der Waals surface area contributed by atoms with Crippen LogP contribution in [-0.4, -0.2) is 40.3 Å². The van der Waals surface area contributed by atoms with E-state index in [4.69, 9.17) is 0 Å². The topological polar surface area (TPSA) is 70.6 Å². The maximum atomic E-state index is 12.3. The molecule has 0 aliphatic heterocycles. The summed E-state index contributed by atoms with van der Waals surface area (Å²) in [6, 6.07) is 19.0. The van der Waals surface area contributed by atoms with Crippen molar-refractivity contribution in [1.82, 2.24) is 10.6 Å². The van der Waals surface area contributed by atoms with Gasteiger partial charge in [0.1, 0.15) is 0 Å². The summed E-state index contributed by atoms with van der Waals surface area (Å²) in [6.45, 7) is 1.11. The van der Waals surface area contributed by atoms with Crippen molar-refractivity contribution in [2.45, 2.75) is 23.2 Å². The first-order chi connectivity index (χ1) is 12.6. The van der Waals surface area contributed by atoms with E-state index in [1.54, 1.807) is 31.3 Å². The number of nitrogens with zero attached hydrogens (tertiary/aromatic N) is 1. The van der Waals surface area contributed by atoms with Gasteiger partial charge in [-0.25, -0.2) is 8.42 Å². The molecule has 2 N–H and O–H groups in total. The molecule has 7 heteroatoms. The molecule has 0 amide bonds. The van der Waals surface area contributed by atoms with Gasteiger partial charge in [-0.2, -0.15) is 0 Å². The maximum absolute atomic E-state index is 12.3. The molecule has 0 aromatic heterocycles. The number of benzene rings is 2. The van der Waals surface area contributed by atoms with Crippen molar-refractivity contribution in [2.24, 2.45) is 4.99 Å². The summed E-state index contributed by atoms with van der Waals surface area (Å²) in [7, 11) is -1.59. The van der Waals surface area contributed by atoms with E-state index in [0.717, 1.165) is 19.4 Å². The predicted octanol–water partition coefficient (Wildman–Crippen LogP) is 2.98. The normalized spacial score (nSPS) is 15.5. The van der Waals surface area contributed by atoms with Crippen molar-refractivity contribution < 1.29 is 8.42 Å². The molecular weight excluding hydrogens is 473 g/mol. The fraction of sp³-hybridized carbons (Fsp3) is 0.350. The quantitative estimate of drug-likeness (QED) is 0.349. The summed E-state index contributed by atoms with van der Waals surface area (Å²) in [5, 5.41) is 6.45. The van der Waals surface area contributed by atoms with Crippen LogP contribution >= 0.6 is 24.0 Å². The molecule has 2 aromatic carbocycles. The van der Waals surface area contributed by atoms with Gasteiger partial charge in [0.15, 0.2) is 15.8 Å². The molecule has 0 heterocycles. The van der Waals surface area contributed by atoms with Crippen molar-refractivity contribution >= 4 is 39.8 Å². The summed E-state index contributed by atoms with van der Waals surface area (Å²) >= 11 is 0. The number of hydrogen-bond donors (Lipinski definition) is 2. The van der Waals surface area contributed by atoms with E-state index in [0.29, 0.717) is 17.4 Å². The summed E-state index contributed by atoms with van der Waals surface area (Å²) in [6.07, 6.45) is 2.31. The second kappa shape index (κ2) is 9.54. The fourth-order valence-electron chi connectivity index (χ4n) is 3.03. The van der Waals surface area contributed by atoms with Crippen LogP contribution in [0.2, 0.25) is 0 Å². The highest BCUT2D eigenvalue weighted by molar-refractivity contribution is 14.0. The number of aliphatic imine (C=N–C) groups is 1. The Morgan fingerprint density at radius 1 is 1.00 bits per heavy atom. The lowest BCUT2D eigenvalue weighted by Gasteiger charge is -2.19. The van der Waals surface area contributed by atoms with Gasteiger partial charge in [-0.1, -0.05) is 48.5 Å². The highest BCUT2D eigenvalue weighted by Crippen LogP contribution is 2.47. The van der Waals surface area contributed by atoms with Crippen LogP contribution in [0, 0.1) is 0 Å². The van der Waals surface area contributed by atoms with Crippen LogP contribution in [-0.2, 0) is 15.3 Å². The second-order valence-electron chi connectivity index (χ2n) is 6.63. The molecule has 1 aliphatic carbocycles. The molecule has 2 aromatic rings. The van der Waals surface area contributed by atoms with Crippen LogP contribution in [0.5, 0.6) is 0 Å². The largest absolute Gasteiger partial charge is 0.356 e. The first-order valence-electron chi connectivity index (χ1n) is 8.84. The van der Waals surface area contributed by atoms with Gasteiger partial charge in [-0.15, -0.1) is 24.0 Å². The number of halogens is 1. The van der Waals surface area contributed by atoms with E-state index >= 15 is 0 Å². The lowest BCUT2D eigenvalue weighted by Crippen LogP contribution is -2.42. The Hall–Kier alpha value is -1.61. The van der Waals surface area contributed by atoms with Crippen LogP contribution in [0.25, 0.3) is 0 Å². The summed E-state index contributed by atoms with van der Waals surface area (Å²) < 4.78 is 24.6. The Kier molecular flexibility index (Phi) is 7.67. The fourth-order valence-corrected chi connectivity index (χ4v) is 4.21. The number of hydrogen-bond acceptors (Lipinski definition) is 3. The molecule has 1 fully saturated rings. The van der Waals surface area contributed by atoms with Crippen LogP contribution in [0.4, 0.5) is 0 Å². The molecule has 0 bridgehead atoms. The third-order valence-electron chi connectivity index (χ3n) is 4.82. The standard InChI is InChI=1S/C20H25N3O2S.HI/c1-21-19(22-14-15-26(24,25)18-10-6-3-7-11-18)23-16-20(12-13-20)17-8-4-2-5-9-17;/h2-11H,12-16H2,1H3,(H2,21,22,23);1H. The van der Waals surface area contributed by atoms with Gasteiger partial charge in [0.05, 0.1) is 10.6 Å². The second-order valence-corrected chi connectivity index (χ2v) is 8.74. The number of guanidine groups is 1. The van der Waals surface area contributed by atoms with E-state index in [9.17, 15) is 8.42 Å². The molecule has 1 aliphatic rings. The average Bonchev–Trinajstić information content (AvgIpc) is 3.47. The zero-order chi connectivity index (χ0) is 18.5. The molecule has 3 rings (SSSR count). The minimum absolute atomic E-state index is 0. The first-order valence-corrected chi connectivity index (χ1v) is 10.5. The Balaban J connectivity index is 0.00000261. The van der Waals surface area contributed by atoms with Gasteiger partial charge >= 0.3 is 0 Å². The predicted molar refractivity (Wildman–Crippen MR) is 121 cm³/mol. The SMILES string of the molecule is CN=C(NCCS(=O)(=O)c1ccccc1)NCC1(c2ccccc2)CC1.I. The Bertz CT molecular complexity index is 851. The van der Waals surface area contributed by atoms with Crippen molar-refractivity contribution in [2.75, 3.05) is 25.9 Å². The first kappa shape index (κ1) is 21.7. The van der Waals surface area contributed by atoms with E-state index in [2.05, 4.69) is 39.9 Å². The van der Waals surface area contributed by atoms with Crippen LogP contribution in [0.15, 0.2) is 70.6 Å². The number of nitrogens with one attached hydrogen (secondary N) is 2. The summed E-state index contributed by atoms with van der Waals surface area (Å²) in [5.74, 6) is 0.664. The molecule has 0 unspecified atom stereocenters. The Morgan fingerprint density at radius 2 is 1.59 bits per heavy atom. The van der Waals surface area contributed by atoms with Crippen LogP contribution in [0.1, 0.15) is 18.4 Å². The zero-order valence-electron chi connectivity index (χ0n) is 15.4. The number of rotatable bonds is 7. The molecular formula is C20H26IN3O2S. The Labute approximate surface area is 178 Å². The van der Waals surface area contributed by atoms with Gasteiger partial charge in [0.25, 0.3) is 0 Å². The molecule has 5 nitrogen and oxygen atoms in total. The van der Waals surface area contributed by atoms with Crippen molar-refractivity contribution in [1.29, 1.82) is 0 Å². The molecule has 146 valence electrons. The van der Waals surface area contributed by atoms with Gasteiger partial charge in [0, 0.05) is 25.6 Å².